The Bertz CT molecular complexity index is 358. The topological polar surface area (TPSA) is 20.2 Å². The summed E-state index contributed by atoms with van der Waals surface area (Å²) >= 11 is 0. The number of aryl methyl sites for hydroxylation is 1. The van der Waals surface area contributed by atoms with Crippen LogP contribution in [0.2, 0.25) is 0 Å². The third-order valence-corrected chi connectivity index (χ3v) is 2.97. The Morgan fingerprint density at radius 1 is 1.11 bits per heavy atom. The van der Waals surface area contributed by atoms with Crippen molar-refractivity contribution in [2.45, 2.75) is 58.0 Å². The molecular weight excluding hydrogens is 220 g/mol. The van der Waals surface area contributed by atoms with Crippen LogP contribution >= 0.6 is 0 Å². The number of rotatable bonds is 7. The van der Waals surface area contributed by atoms with Gasteiger partial charge in [-0.3, -0.25) is 0 Å². The average Bonchev–Trinajstić information content (AvgIpc) is 2.41. The lowest BCUT2D eigenvalue weighted by Gasteiger charge is -2.03. The molecule has 0 saturated carbocycles. The molecule has 0 aliphatic carbocycles. The fourth-order valence-electron chi connectivity index (χ4n) is 1.85. The molecule has 1 aromatic carbocycles. The van der Waals surface area contributed by atoms with E-state index in [2.05, 4.69) is 30.9 Å². The summed E-state index contributed by atoms with van der Waals surface area (Å²) in [7, 11) is 0. The minimum Gasteiger partial charge on any atom is -0.380 e. The zero-order valence-corrected chi connectivity index (χ0v) is 11.4. The van der Waals surface area contributed by atoms with Crippen LogP contribution in [0.4, 0.5) is 0 Å². The molecular formula is C17H24O. The highest BCUT2D eigenvalue weighted by Crippen LogP contribution is 2.05. The van der Waals surface area contributed by atoms with E-state index in [0.717, 1.165) is 25.7 Å². The largest absolute Gasteiger partial charge is 0.380 e. The van der Waals surface area contributed by atoms with Crippen LogP contribution in [-0.2, 0) is 6.42 Å². The maximum absolute atomic E-state index is 9.74. The van der Waals surface area contributed by atoms with Gasteiger partial charge in [-0.25, -0.2) is 0 Å². The molecule has 1 aromatic rings. The summed E-state index contributed by atoms with van der Waals surface area (Å²) in [6.07, 6.45) is 7.03. The summed E-state index contributed by atoms with van der Waals surface area (Å²) in [4.78, 5) is 0. The number of hydrogen-bond acceptors (Lipinski definition) is 1. The van der Waals surface area contributed by atoms with Crippen LogP contribution in [0.15, 0.2) is 30.3 Å². The second kappa shape index (κ2) is 9.74. The number of benzene rings is 1. The summed E-state index contributed by atoms with van der Waals surface area (Å²) < 4.78 is 0. The third-order valence-electron chi connectivity index (χ3n) is 2.97. The summed E-state index contributed by atoms with van der Waals surface area (Å²) in [6.45, 7) is 2.21. The van der Waals surface area contributed by atoms with Gasteiger partial charge in [-0.1, -0.05) is 62.4 Å². The monoisotopic (exact) mass is 244 g/mol. The van der Waals surface area contributed by atoms with Gasteiger partial charge in [0.2, 0.25) is 0 Å². The normalized spacial score (nSPS) is 11.7. The maximum atomic E-state index is 9.74. The molecule has 0 heterocycles. The molecule has 1 atom stereocenters. The molecule has 0 saturated heterocycles. The van der Waals surface area contributed by atoms with Gasteiger partial charge in [-0.05, 0) is 24.8 Å². The van der Waals surface area contributed by atoms with E-state index in [-0.39, 0.29) is 0 Å². The summed E-state index contributed by atoms with van der Waals surface area (Å²) in [6, 6.07) is 10.2. The van der Waals surface area contributed by atoms with Crippen LogP contribution < -0.4 is 0 Å². The van der Waals surface area contributed by atoms with Crippen LogP contribution in [0.25, 0.3) is 0 Å². The smallest absolute Gasteiger partial charge is 0.115 e. The summed E-state index contributed by atoms with van der Waals surface area (Å²) in [5, 5.41) is 9.74. The van der Waals surface area contributed by atoms with Crippen molar-refractivity contribution < 1.29 is 5.11 Å². The Hall–Kier alpha value is -1.26. The number of aliphatic hydroxyl groups excluding tert-OH is 1. The van der Waals surface area contributed by atoms with Crippen LogP contribution in [0.5, 0.6) is 0 Å². The standard InChI is InChI=1S/C17H24O/c1-2-3-4-5-6-10-13-17(18)15-14-16-11-8-7-9-12-16/h7-9,11-12,17-18H,2-6,14-15H2,1H3/t17-/m0/s1. The van der Waals surface area contributed by atoms with E-state index >= 15 is 0 Å². The predicted octanol–water partition coefficient (Wildman–Crippen LogP) is 3.95. The molecule has 0 aromatic heterocycles. The zero-order chi connectivity index (χ0) is 13.1. The van der Waals surface area contributed by atoms with E-state index in [1.807, 2.05) is 18.2 Å². The molecule has 0 radical (unpaired) electrons. The fraction of sp³-hybridized carbons (Fsp3) is 0.529. The average molecular weight is 244 g/mol. The van der Waals surface area contributed by atoms with Gasteiger partial charge < -0.3 is 5.11 Å². The van der Waals surface area contributed by atoms with Crippen molar-refractivity contribution in [3.63, 3.8) is 0 Å². The van der Waals surface area contributed by atoms with Crippen molar-refractivity contribution in [3.05, 3.63) is 35.9 Å². The first-order chi connectivity index (χ1) is 8.83. The van der Waals surface area contributed by atoms with Gasteiger partial charge in [-0.15, -0.1) is 5.92 Å². The molecule has 0 amide bonds. The Balaban J connectivity index is 2.13. The fourth-order valence-corrected chi connectivity index (χ4v) is 1.85. The molecule has 1 rings (SSSR count). The van der Waals surface area contributed by atoms with Crippen molar-refractivity contribution in [2.75, 3.05) is 0 Å². The van der Waals surface area contributed by atoms with E-state index in [4.69, 9.17) is 0 Å². The first kappa shape index (κ1) is 14.8. The Morgan fingerprint density at radius 3 is 2.61 bits per heavy atom. The highest BCUT2D eigenvalue weighted by atomic mass is 16.3. The highest BCUT2D eigenvalue weighted by Gasteiger charge is 1.99. The van der Waals surface area contributed by atoms with Crippen molar-refractivity contribution in [1.82, 2.24) is 0 Å². The van der Waals surface area contributed by atoms with Crippen molar-refractivity contribution in [2.24, 2.45) is 0 Å². The lowest BCUT2D eigenvalue weighted by Crippen LogP contribution is -2.04. The van der Waals surface area contributed by atoms with E-state index in [0.29, 0.717) is 0 Å². The van der Waals surface area contributed by atoms with Gasteiger partial charge in [0.05, 0.1) is 0 Å². The number of aliphatic hydroxyl groups is 1. The zero-order valence-electron chi connectivity index (χ0n) is 11.4. The predicted molar refractivity (Wildman–Crippen MR) is 77.3 cm³/mol. The third kappa shape index (κ3) is 7.14. The highest BCUT2D eigenvalue weighted by molar-refractivity contribution is 5.15. The maximum Gasteiger partial charge on any atom is 0.115 e. The Morgan fingerprint density at radius 2 is 1.89 bits per heavy atom. The van der Waals surface area contributed by atoms with Gasteiger partial charge in [0.25, 0.3) is 0 Å². The van der Waals surface area contributed by atoms with Gasteiger partial charge in [0.1, 0.15) is 6.10 Å². The minimum atomic E-state index is -0.476. The van der Waals surface area contributed by atoms with Crippen LogP contribution in [-0.4, -0.2) is 11.2 Å². The molecule has 1 N–H and O–H groups in total. The lowest BCUT2D eigenvalue weighted by atomic mass is 10.1. The van der Waals surface area contributed by atoms with E-state index in [9.17, 15) is 5.11 Å². The quantitative estimate of drug-likeness (QED) is 0.568. The lowest BCUT2D eigenvalue weighted by molar-refractivity contribution is 0.222. The van der Waals surface area contributed by atoms with E-state index in [1.165, 1.54) is 24.8 Å². The minimum absolute atomic E-state index is 0.476. The van der Waals surface area contributed by atoms with Crippen LogP contribution in [0, 0.1) is 11.8 Å². The second-order valence-corrected chi connectivity index (χ2v) is 4.67. The molecule has 0 unspecified atom stereocenters. The molecule has 18 heavy (non-hydrogen) atoms. The SMILES string of the molecule is CCCCCCC#C[C@H](O)CCc1ccccc1. The van der Waals surface area contributed by atoms with Crippen LogP contribution in [0.3, 0.4) is 0 Å². The molecule has 0 aliphatic heterocycles. The molecule has 0 fully saturated rings. The van der Waals surface area contributed by atoms with Crippen molar-refractivity contribution in [1.29, 1.82) is 0 Å². The first-order valence-corrected chi connectivity index (χ1v) is 7.03. The number of hydrogen-bond donors (Lipinski definition) is 1. The van der Waals surface area contributed by atoms with Gasteiger partial charge in [-0.2, -0.15) is 0 Å². The number of unbranched alkanes of at least 4 members (excludes halogenated alkanes) is 4. The first-order valence-electron chi connectivity index (χ1n) is 7.03. The Kier molecular flexibility index (Phi) is 8.01. The van der Waals surface area contributed by atoms with Crippen molar-refractivity contribution in [3.8, 4) is 11.8 Å². The molecule has 1 nitrogen and oxygen atoms in total. The van der Waals surface area contributed by atoms with Crippen molar-refractivity contribution >= 4 is 0 Å². The van der Waals surface area contributed by atoms with Gasteiger partial charge >= 0.3 is 0 Å². The summed E-state index contributed by atoms with van der Waals surface area (Å²) in [5.74, 6) is 6.02. The van der Waals surface area contributed by atoms with Crippen LogP contribution in [0.1, 0.15) is 51.0 Å². The molecule has 0 bridgehead atoms. The molecule has 1 heteroatoms. The van der Waals surface area contributed by atoms with Gasteiger partial charge in [0.15, 0.2) is 0 Å². The van der Waals surface area contributed by atoms with Gasteiger partial charge in [0, 0.05) is 6.42 Å². The molecule has 0 spiro atoms. The van der Waals surface area contributed by atoms with E-state index in [1.54, 1.807) is 0 Å². The molecule has 0 aliphatic rings. The van der Waals surface area contributed by atoms with E-state index < -0.39 is 6.10 Å². The summed E-state index contributed by atoms with van der Waals surface area (Å²) in [5.41, 5.74) is 1.27. The molecule has 98 valence electrons. The Labute approximate surface area is 111 Å². The second-order valence-electron chi connectivity index (χ2n) is 4.67.